The van der Waals surface area contributed by atoms with Gasteiger partial charge in [-0.1, -0.05) is 11.3 Å². The number of anilines is 1. The molecule has 2 N–H and O–H groups in total. The maximum atomic E-state index is 12.4. The highest BCUT2D eigenvalue weighted by Crippen LogP contribution is 2.36. The molecule has 0 radical (unpaired) electrons. The number of sulfonamides is 1. The first kappa shape index (κ1) is 16.4. The van der Waals surface area contributed by atoms with Gasteiger partial charge in [0.05, 0.1) is 4.92 Å². The van der Waals surface area contributed by atoms with Crippen molar-refractivity contribution in [3.05, 3.63) is 37.0 Å². The van der Waals surface area contributed by atoms with E-state index in [4.69, 9.17) is 5.73 Å². The molecule has 114 valence electrons. The molecule has 0 unspecified atom stereocenters. The van der Waals surface area contributed by atoms with Crippen LogP contribution < -0.4 is 5.73 Å². The lowest BCUT2D eigenvalue weighted by atomic mass is 10.5. The smallest absolute Gasteiger partial charge is 0.304 e. The van der Waals surface area contributed by atoms with Crippen LogP contribution in [-0.4, -0.2) is 24.7 Å². The fourth-order valence-electron chi connectivity index (χ4n) is 1.54. The van der Waals surface area contributed by atoms with Gasteiger partial charge in [-0.05, 0) is 22.0 Å². The minimum absolute atomic E-state index is 0.120. The Balaban J connectivity index is 2.28. The summed E-state index contributed by atoms with van der Waals surface area (Å²) in [5.74, 6) is 0. The van der Waals surface area contributed by atoms with Gasteiger partial charge in [-0.2, -0.15) is 4.31 Å². The lowest BCUT2D eigenvalue weighted by Gasteiger charge is -2.14. The quantitative estimate of drug-likeness (QED) is 0.600. The number of hydrogen-bond donors (Lipinski definition) is 1. The number of halogens is 1. The minimum Gasteiger partial charge on any atom is -0.385 e. The zero-order valence-corrected chi connectivity index (χ0v) is 14.7. The third-order valence-corrected chi connectivity index (χ3v) is 7.47. The van der Waals surface area contributed by atoms with E-state index in [0.717, 1.165) is 19.7 Å². The van der Waals surface area contributed by atoms with Crippen LogP contribution in [0, 0.1) is 10.1 Å². The standard InChI is InChI=1S/C10H10BrN3O4S3/c1-13(4-7-2-6(11)5-19-7)21(17,18)9-3-8(14(15)16)10(12)20-9/h2-3,5H,4,12H2,1H3. The predicted molar refractivity (Wildman–Crippen MR) is 86.1 cm³/mol. The minimum atomic E-state index is -3.80. The number of nitrogens with zero attached hydrogens (tertiary/aromatic N) is 2. The van der Waals surface area contributed by atoms with Crippen LogP contribution >= 0.6 is 38.6 Å². The van der Waals surface area contributed by atoms with Crippen molar-refractivity contribution >= 4 is 59.3 Å². The third-order valence-electron chi connectivity index (χ3n) is 2.58. The summed E-state index contributed by atoms with van der Waals surface area (Å²) in [5, 5.41) is 12.5. The van der Waals surface area contributed by atoms with Crippen LogP contribution in [0.15, 0.2) is 26.2 Å². The van der Waals surface area contributed by atoms with E-state index in [2.05, 4.69) is 15.9 Å². The first-order valence-corrected chi connectivity index (χ1v) is 9.37. The number of nitrogen functional groups attached to an aromatic ring is 1. The highest BCUT2D eigenvalue weighted by molar-refractivity contribution is 9.10. The van der Waals surface area contributed by atoms with Crippen molar-refractivity contribution in [1.29, 1.82) is 0 Å². The molecule has 0 aliphatic carbocycles. The summed E-state index contributed by atoms with van der Waals surface area (Å²) in [6, 6.07) is 2.82. The summed E-state index contributed by atoms with van der Waals surface area (Å²) in [5.41, 5.74) is 5.10. The number of thiophene rings is 2. The van der Waals surface area contributed by atoms with Gasteiger partial charge in [0, 0.05) is 34.4 Å². The van der Waals surface area contributed by atoms with Crippen molar-refractivity contribution in [2.45, 2.75) is 10.8 Å². The highest BCUT2D eigenvalue weighted by atomic mass is 79.9. The van der Waals surface area contributed by atoms with Crippen molar-refractivity contribution in [3.63, 3.8) is 0 Å². The normalized spacial score (nSPS) is 12.0. The Morgan fingerprint density at radius 1 is 1.48 bits per heavy atom. The average Bonchev–Trinajstić information content (AvgIpc) is 2.95. The van der Waals surface area contributed by atoms with Crippen molar-refractivity contribution in [2.24, 2.45) is 0 Å². The second kappa shape index (κ2) is 6.01. The van der Waals surface area contributed by atoms with E-state index in [-0.39, 0.29) is 21.4 Å². The van der Waals surface area contributed by atoms with Crippen LogP contribution in [0.2, 0.25) is 0 Å². The van der Waals surface area contributed by atoms with E-state index >= 15 is 0 Å². The molecular formula is C10H10BrN3O4S3. The van der Waals surface area contributed by atoms with Crippen LogP contribution in [0.1, 0.15) is 4.88 Å². The molecule has 2 aromatic rings. The molecule has 7 nitrogen and oxygen atoms in total. The summed E-state index contributed by atoms with van der Waals surface area (Å²) in [4.78, 5) is 10.9. The molecule has 21 heavy (non-hydrogen) atoms. The molecule has 2 aromatic heterocycles. The van der Waals surface area contributed by atoms with E-state index < -0.39 is 14.9 Å². The lowest BCUT2D eigenvalue weighted by Crippen LogP contribution is -2.25. The number of rotatable bonds is 5. The van der Waals surface area contributed by atoms with Gasteiger partial charge in [0.1, 0.15) is 4.21 Å². The zero-order chi connectivity index (χ0) is 15.8. The number of hydrogen-bond acceptors (Lipinski definition) is 7. The van der Waals surface area contributed by atoms with E-state index in [0.29, 0.717) is 11.3 Å². The van der Waals surface area contributed by atoms with Crippen molar-refractivity contribution in [3.8, 4) is 0 Å². The molecule has 0 saturated heterocycles. The Morgan fingerprint density at radius 2 is 2.14 bits per heavy atom. The lowest BCUT2D eigenvalue weighted by molar-refractivity contribution is -0.383. The first-order valence-electron chi connectivity index (χ1n) is 5.44. The summed E-state index contributed by atoms with van der Waals surface area (Å²) < 4.78 is 26.6. The zero-order valence-electron chi connectivity index (χ0n) is 10.6. The first-order chi connectivity index (χ1) is 9.71. The third kappa shape index (κ3) is 3.43. The molecule has 11 heteroatoms. The number of nitrogens with two attached hydrogens (primary N) is 1. The van der Waals surface area contributed by atoms with Crippen molar-refractivity contribution in [2.75, 3.05) is 12.8 Å². The molecule has 0 atom stereocenters. The van der Waals surface area contributed by atoms with Gasteiger partial charge >= 0.3 is 5.69 Å². The maximum Gasteiger partial charge on any atom is 0.304 e. The van der Waals surface area contributed by atoms with E-state index in [1.807, 2.05) is 11.4 Å². The van der Waals surface area contributed by atoms with E-state index in [1.165, 1.54) is 18.4 Å². The van der Waals surface area contributed by atoms with Crippen molar-refractivity contribution in [1.82, 2.24) is 4.31 Å². The van der Waals surface area contributed by atoms with Crippen LogP contribution in [0.5, 0.6) is 0 Å². The molecule has 0 saturated carbocycles. The Labute approximate surface area is 137 Å². The summed E-state index contributed by atoms with van der Waals surface area (Å²) in [6.45, 7) is 0.185. The molecule has 0 aliphatic heterocycles. The largest absolute Gasteiger partial charge is 0.385 e. The molecule has 0 spiro atoms. The summed E-state index contributed by atoms with van der Waals surface area (Å²) >= 11 is 5.41. The molecular weight excluding hydrogens is 402 g/mol. The second-order valence-corrected chi connectivity index (χ2v) is 9.33. The molecule has 0 bridgehead atoms. The Hall–Kier alpha value is -1.01. The van der Waals surface area contributed by atoms with Crippen molar-refractivity contribution < 1.29 is 13.3 Å². The fraction of sp³-hybridized carbons (Fsp3) is 0.200. The van der Waals surface area contributed by atoms with Crippen LogP contribution in [0.3, 0.4) is 0 Å². The second-order valence-electron chi connectivity index (χ2n) is 4.06. The molecule has 0 fully saturated rings. The van der Waals surface area contributed by atoms with Gasteiger partial charge < -0.3 is 5.73 Å². The van der Waals surface area contributed by atoms with Gasteiger partial charge in [-0.25, -0.2) is 8.42 Å². The van der Waals surface area contributed by atoms with Gasteiger partial charge in [0.2, 0.25) is 0 Å². The Kier molecular flexibility index (Phi) is 4.68. The molecule has 0 aromatic carbocycles. The van der Waals surface area contributed by atoms with Gasteiger partial charge in [0.25, 0.3) is 10.0 Å². The average molecular weight is 412 g/mol. The topological polar surface area (TPSA) is 107 Å². The SMILES string of the molecule is CN(Cc1cc(Br)cs1)S(=O)(=O)c1cc([N+](=O)[O-])c(N)s1. The van der Waals surface area contributed by atoms with E-state index in [1.54, 1.807) is 0 Å². The van der Waals surface area contributed by atoms with Crippen LogP contribution in [0.4, 0.5) is 10.7 Å². The maximum absolute atomic E-state index is 12.4. The fourth-order valence-corrected chi connectivity index (χ4v) is 5.70. The Morgan fingerprint density at radius 3 is 2.62 bits per heavy atom. The molecule has 2 rings (SSSR count). The predicted octanol–water partition coefficient (Wildman–Crippen LogP) is 2.88. The summed E-state index contributed by atoms with van der Waals surface area (Å²) in [6.07, 6.45) is 0. The van der Waals surface area contributed by atoms with Gasteiger partial charge in [0.15, 0.2) is 5.00 Å². The van der Waals surface area contributed by atoms with E-state index in [9.17, 15) is 18.5 Å². The molecule has 0 amide bonds. The van der Waals surface area contributed by atoms with Crippen LogP contribution in [-0.2, 0) is 16.6 Å². The highest BCUT2D eigenvalue weighted by Gasteiger charge is 2.28. The van der Waals surface area contributed by atoms with Gasteiger partial charge in [-0.15, -0.1) is 11.3 Å². The molecule has 0 aliphatic rings. The monoisotopic (exact) mass is 411 g/mol. The molecule has 2 heterocycles. The van der Waals surface area contributed by atoms with Crippen LogP contribution in [0.25, 0.3) is 0 Å². The van der Waals surface area contributed by atoms with Gasteiger partial charge in [-0.3, -0.25) is 10.1 Å². The number of nitro groups is 1. The Bertz CT molecular complexity index is 783. The summed E-state index contributed by atoms with van der Waals surface area (Å²) in [7, 11) is -2.38.